The van der Waals surface area contributed by atoms with E-state index in [9.17, 15) is 4.79 Å². The number of nitrogens with zero attached hydrogens (tertiary/aromatic N) is 4. The van der Waals surface area contributed by atoms with Crippen LogP contribution in [0, 0.1) is 0 Å². The fourth-order valence-corrected chi connectivity index (χ4v) is 2.10. The summed E-state index contributed by atoms with van der Waals surface area (Å²) in [5.74, 6) is 0.546. The summed E-state index contributed by atoms with van der Waals surface area (Å²) in [5.41, 5.74) is 2.46. The molecule has 0 saturated carbocycles. The van der Waals surface area contributed by atoms with E-state index in [1.54, 1.807) is 23.4 Å². The van der Waals surface area contributed by atoms with Crippen molar-refractivity contribution in [3.05, 3.63) is 60.7 Å². The second kappa shape index (κ2) is 6.17. The smallest absolute Gasteiger partial charge is 0.228 e. The zero-order valence-corrected chi connectivity index (χ0v) is 12.1. The Morgan fingerprint density at radius 2 is 2.18 bits per heavy atom. The van der Waals surface area contributed by atoms with Crippen LogP contribution in [0.25, 0.3) is 11.4 Å². The van der Waals surface area contributed by atoms with Gasteiger partial charge in [0.15, 0.2) is 5.82 Å². The highest BCUT2D eigenvalue weighted by Crippen LogP contribution is 2.19. The van der Waals surface area contributed by atoms with Crippen molar-refractivity contribution in [1.82, 2.24) is 19.7 Å². The Kier molecular flexibility index (Phi) is 3.91. The molecule has 0 spiro atoms. The van der Waals surface area contributed by atoms with E-state index in [2.05, 4.69) is 20.4 Å². The minimum atomic E-state index is -0.0841. The summed E-state index contributed by atoms with van der Waals surface area (Å²) in [6, 6.07) is 11.2. The lowest BCUT2D eigenvalue weighted by Gasteiger charge is -2.06. The molecule has 0 fully saturated rings. The fraction of sp³-hybridized carbons (Fsp3) is 0.125. The molecule has 0 aliphatic rings. The molecule has 1 N–H and O–H groups in total. The summed E-state index contributed by atoms with van der Waals surface area (Å²) in [5, 5.41) is 7.13. The minimum Gasteiger partial charge on any atom is -0.326 e. The van der Waals surface area contributed by atoms with E-state index in [0.29, 0.717) is 12.2 Å². The number of nitrogens with one attached hydrogen (secondary N) is 1. The predicted octanol–water partition coefficient (Wildman–Crippen LogP) is 2.06. The van der Waals surface area contributed by atoms with E-state index in [1.807, 2.05) is 43.4 Å². The van der Waals surface area contributed by atoms with Crippen molar-refractivity contribution < 1.29 is 4.79 Å². The largest absolute Gasteiger partial charge is 0.326 e. The molecule has 6 nitrogen and oxygen atoms in total. The Balaban J connectivity index is 1.71. The molecule has 0 bridgehead atoms. The van der Waals surface area contributed by atoms with E-state index in [4.69, 9.17) is 0 Å². The lowest BCUT2D eigenvalue weighted by molar-refractivity contribution is -0.115. The van der Waals surface area contributed by atoms with Crippen LogP contribution >= 0.6 is 0 Å². The number of aromatic nitrogens is 4. The van der Waals surface area contributed by atoms with Gasteiger partial charge in [-0.2, -0.15) is 5.10 Å². The van der Waals surface area contributed by atoms with E-state index in [-0.39, 0.29) is 5.91 Å². The quantitative estimate of drug-likeness (QED) is 0.799. The highest BCUT2D eigenvalue weighted by atomic mass is 16.1. The van der Waals surface area contributed by atoms with Gasteiger partial charge in [-0.1, -0.05) is 18.2 Å². The van der Waals surface area contributed by atoms with Crippen molar-refractivity contribution in [3.63, 3.8) is 0 Å². The maximum Gasteiger partial charge on any atom is 0.228 e. The van der Waals surface area contributed by atoms with Crippen molar-refractivity contribution in [2.24, 2.45) is 7.05 Å². The van der Waals surface area contributed by atoms with Crippen LogP contribution in [0.1, 0.15) is 5.56 Å². The molecular weight excluding hydrogens is 278 g/mol. The summed E-state index contributed by atoms with van der Waals surface area (Å²) in [7, 11) is 1.82. The van der Waals surface area contributed by atoms with Gasteiger partial charge in [0, 0.05) is 30.7 Å². The van der Waals surface area contributed by atoms with Gasteiger partial charge in [0.25, 0.3) is 0 Å². The zero-order valence-electron chi connectivity index (χ0n) is 12.1. The topological polar surface area (TPSA) is 72.7 Å². The molecule has 22 heavy (non-hydrogen) atoms. The average molecular weight is 293 g/mol. The van der Waals surface area contributed by atoms with E-state index >= 15 is 0 Å². The molecule has 110 valence electrons. The summed E-state index contributed by atoms with van der Waals surface area (Å²) < 4.78 is 1.64. The Morgan fingerprint density at radius 1 is 1.27 bits per heavy atom. The molecule has 1 amide bonds. The molecule has 3 rings (SSSR count). The monoisotopic (exact) mass is 293 g/mol. The van der Waals surface area contributed by atoms with Gasteiger partial charge >= 0.3 is 0 Å². The molecule has 0 aliphatic carbocycles. The Labute approximate surface area is 127 Å². The SMILES string of the molecule is Cn1cnc(-c2cccc(NC(=O)Cc3cccnc3)c2)n1. The first-order valence-electron chi connectivity index (χ1n) is 6.85. The molecule has 3 aromatic rings. The number of aryl methyl sites for hydroxylation is 1. The second-order valence-corrected chi connectivity index (χ2v) is 4.91. The Morgan fingerprint density at radius 3 is 2.91 bits per heavy atom. The number of anilines is 1. The summed E-state index contributed by atoms with van der Waals surface area (Å²) in [4.78, 5) is 20.3. The van der Waals surface area contributed by atoms with Crippen molar-refractivity contribution in [1.29, 1.82) is 0 Å². The number of hydrogen-bond acceptors (Lipinski definition) is 4. The maximum absolute atomic E-state index is 12.1. The molecule has 1 aromatic carbocycles. The van der Waals surface area contributed by atoms with Crippen molar-refractivity contribution >= 4 is 11.6 Å². The number of carbonyl (C=O) groups excluding carboxylic acids is 1. The highest BCUT2D eigenvalue weighted by molar-refractivity contribution is 5.92. The number of carbonyl (C=O) groups is 1. The van der Waals surface area contributed by atoms with Gasteiger partial charge in [-0.15, -0.1) is 0 Å². The van der Waals surface area contributed by atoms with Crippen LogP contribution in [0.3, 0.4) is 0 Å². The van der Waals surface area contributed by atoms with E-state index in [1.165, 1.54) is 0 Å². The van der Waals surface area contributed by atoms with E-state index in [0.717, 1.165) is 16.8 Å². The number of rotatable bonds is 4. The van der Waals surface area contributed by atoms with Crippen LogP contribution in [-0.4, -0.2) is 25.7 Å². The molecule has 0 saturated heterocycles. The Bertz CT molecular complexity index is 782. The molecule has 2 aromatic heterocycles. The normalized spacial score (nSPS) is 10.4. The number of hydrogen-bond donors (Lipinski definition) is 1. The first-order valence-corrected chi connectivity index (χ1v) is 6.85. The van der Waals surface area contributed by atoms with Crippen LogP contribution in [0.15, 0.2) is 55.1 Å². The third-order valence-corrected chi connectivity index (χ3v) is 3.09. The molecule has 6 heteroatoms. The number of pyridine rings is 1. The van der Waals surface area contributed by atoms with Crippen LogP contribution in [0.5, 0.6) is 0 Å². The number of amides is 1. The third-order valence-electron chi connectivity index (χ3n) is 3.09. The molecular formula is C16H15N5O. The molecule has 0 atom stereocenters. The van der Waals surface area contributed by atoms with Gasteiger partial charge in [0.2, 0.25) is 5.91 Å². The zero-order chi connectivity index (χ0) is 15.4. The summed E-state index contributed by atoms with van der Waals surface area (Å²) in [6.07, 6.45) is 5.31. The summed E-state index contributed by atoms with van der Waals surface area (Å²) >= 11 is 0. The molecule has 0 aliphatic heterocycles. The van der Waals surface area contributed by atoms with Crippen LogP contribution in [0.4, 0.5) is 5.69 Å². The maximum atomic E-state index is 12.1. The minimum absolute atomic E-state index is 0.0841. The van der Waals surface area contributed by atoms with Crippen LogP contribution in [0.2, 0.25) is 0 Å². The predicted molar refractivity (Wildman–Crippen MR) is 83.0 cm³/mol. The van der Waals surface area contributed by atoms with Gasteiger partial charge in [-0.25, -0.2) is 4.98 Å². The molecule has 2 heterocycles. The third kappa shape index (κ3) is 3.35. The lowest BCUT2D eigenvalue weighted by atomic mass is 10.1. The van der Waals surface area contributed by atoms with Crippen molar-refractivity contribution in [2.75, 3.05) is 5.32 Å². The molecule has 0 radical (unpaired) electrons. The average Bonchev–Trinajstić information content (AvgIpc) is 2.95. The summed E-state index contributed by atoms with van der Waals surface area (Å²) in [6.45, 7) is 0. The highest BCUT2D eigenvalue weighted by Gasteiger charge is 2.07. The van der Waals surface area contributed by atoms with Crippen molar-refractivity contribution in [2.45, 2.75) is 6.42 Å². The Hall–Kier alpha value is -3.02. The lowest BCUT2D eigenvalue weighted by Crippen LogP contribution is -2.14. The first-order chi connectivity index (χ1) is 10.7. The standard InChI is InChI=1S/C16H15N5O/c1-21-11-18-16(20-21)13-5-2-6-14(9-13)19-15(22)8-12-4-3-7-17-10-12/h2-7,9-11H,8H2,1H3,(H,19,22). The molecule has 0 unspecified atom stereocenters. The van der Waals surface area contributed by atoms with Gasteiger partial charge in [-0.3, -0.25) is 14.5 Å². The number of benzene rings is 1. The van der Waals surface area contributed by atoms with Crippen LogP contribution < -0.4 is 5.32 Å². The van der Waals surface area contributed by atoms with Crippen molar-refractivity contribution in [3.8, 4) is 11.4 Å². The van der Waals surface area contributed by atoms with Crippen LogP contribution in [-0.2, 0) is 18.3 Å². The second-order valence-electron chi connectivity index (χ2n) is 4.91. The van der Waals surface area contributed by atoms with Gasteiger partial charge < -0.3 is 5.32 Å². The fourth-order valence-electron chi connectivity index (χ4n) is 2.10. The van der Waals surface area contributed by atoms with Gasteiger partial charge in [0.1, 0.15) is 6.33 Å². The first kappa shape index (κ1) is 13.9. The van der Waals surface area contributed by atoms with E-state index < -0.39 is 0 Å². The van der Waals surface area contributed by atoms with Gasteiger partial charge in [-0.05, 0) is 23.8 Å². The van der Waals surface area contributed by atoms with Gasteiger partial charge in [0.05, 0.1) is 6.42 Å².